The molecule has 0 amide bonds. The van der Waals surface area contributed by atoms with E-state index in [1.54, 1.807) is 0 Å². The Morgan fingerprint density at radius 2 is 1.54 bits per heavy atom. The van der Waals surface area contributed by atoms with Gasteiger partial charge < -0.3 is 33.8 Å². The van der Waals surface area contributed by atoms with Crippen molar-refractivity contribution < 1.29 is 32.9 Å². The summed E-state index contributed by atoms with van der Waals surface area (Å²) in [7, 11) is 1.30. The molecule has 158 valence electrons. The van der Waals surface area contributed by atoms with Crippen LogP contribution in [-0.4, -0.2) is 82.2 Å². The number of nitrogens with zero attached hydrogens (tertiary/aromatic N) is 2. The van der Waals surface area contributed by atoms with Gasteiger partial charge in [-0.05, 0) is 6.42 Å². The van der Waals surface area contributed by atoms with Crippen molar-refractivity contribution in [1.29, 1.82) is 0 Å². The van der Waals surface area contributed by atoms with Gasteiger partial charge in [0, 0.05) is 12.8 Å². The fourth-order valence-electron chi connectivity index (χ4n) is 1.99. The van der Waals surface area contributed by atoms with E-state index in [1.807, 2.05) is 0 Å². The van der Waals surface area contributed by atoms with Gasteiger partial charge in [-0.3, -0.25) is 4.79 Å². The van der Waals surface area contributed by atoms with Crippen molar-refractivity contribution in [1.82, 2.24) is 10.2 Å². The van der Waals surface area contributed by atoms with Gasteiger partial charge in [0.05, 0.1) is 53.4 Å². The molecule has 1 heterocycles. The molecule has 0 aliphatic carbocycles. The van der Waals surface area contributed by atoms with E-state index in [9.17, 15) is 4.79 Å². The maximum absolute atomic E-state index is 11.2. The predicted molar refractivity (Wildman–Crippen MR) is 98.4 cm³/mol. The molecule has 0 spiro atoms. The van der Waals surface area contributed by atoms with Gasteiger partial charge in [-0.15, -0.1) is 16.6 Å². The first kappa shape index (κ1) is 24.0. The number of hydrogen-bond acceptors (Lipinski definition) is 10. The van der Waals surface area contributed by atoms with E-state index in [-0.39, 0.29) is 0 Å². The van der Waals surface area contributed by atoms with Crippen molar-refractivity contribution in [2.24, 2.45) is 5.73 Å². The molecule has 10 nitrogen and oxygen atoms in total. The van der Waals surface area contributed by atoms with E-state index in [1.165, 1.54) is 7.11 Å². The third-order valence-electron chi connectivity index (χ3n) is 3.44. The highest BCUT2D eigenvalue weighted by Gasteiger charge is 2.15. The third-order valence-corrected chi connectivity index (χ3v) is 3.44. The standard InChI is InChI=1S/C18H29N3O7/c1-3-7-24-9-11-26-13-14-27-12-10-25-8-6-17-21-20-16(28-17)5-4-15(19)18(22)23-2/h1,15H,4-14,19H2,2H3/t15-/m0/s1. The smallest absolute Gasteiger partial charge is 0.322 e. The van der Waals surface area contributed by atoms with Crippen LogP contribution < -0.4 is 5.73 Å². The van der Waals surface area contributed by atoms with Gasteiger partial charge in [-0.2, -0.15) is 0 Å². The van der Waals surface area contributed by atoms with Gasteiger partial charge in [0.1, 0.15) is 12.6 Å². The Kier molecular flexibility index (Phi) is 13.7. The number of nitrogens with two attached hydrogens (primary N) is 1. The number of esters is 1. The van der Waals surface area contributed by atoms with Gasteiger partial charge >= 0.3 is 5.97 Å². The molecular formula is C18H29N3O7. The summed E-state index contributed by atoms with van der Waals surface area (Å²) in [5, 5.41) is 7.85. The van der Waals surface area contributed by atoms with Crippen molar-refractivity contribution in [2.75, 3.05) is 60.0 Å². The minimum Gasteiger partial charge on any atom is -0.468 e. The lowest BCUT2D eigenvalue weighted by Gasteiger charge is -2.06. The second-order valence-electron chi connectivity index (χ2n) is 5.60. The van der Waals surface area contributed by atoms with E-state index in [2.05, 4.69) is 20.9 Å². The van der Waals surface area contributed by atoms with Crippen LogP contribution in [0.5, 0.6) is 0 Å². The first-order chi connectivity index (χ1) is 13.7. The van der Waals surface area contributed by atoms with Gasteiger partial charge in [0.2, 0.25) is 11.8 Å². The van der Waals surface area contributed by atoms with Crippen molar-refractivity contribution in [2.45, 2.75) is 25.3 Å². The molecule has 0 fully saturated rings. The average Bonchev–Trinajstić information content (AvgIpc) is 3.16. The molecule has 0 radical (unpaired) electrons. The Bertz CT molecular complexity index is 574. The Balaban J connectivity index is 1.95. The summed E-state index contributed by atoms with van der Waals surface area (Å²) < 4.78 is 31.2. The summed E-state index contributed by atoms with van der Waals surface area (Å²) in [6, 6.07) is -0.698. The summed E-state index contributed by atoms with van der Waals surface area (Å²) in [5.41, 5.74) is 5.66. The molecule has 0 aliphatic heterocycles. The molecule has 0 aliphatic rings. The monoisotopic (exact) mass is 399 g/mol. The van der Waals surface area contributed by atoms with Gasteiger partial charge in [0.25, 0.3) is 0 Å². The highest BCUT2D eigenvalue weighted by molar-refractivity contribution is 5.75. The molecule has 2 N–H and O–H groups in total. The Labute approximate surface area is 165 Å². The molecule has 0 aromatic carbocycles. The fraction of sp³-hybridized carbons (Fsp3) is 0.722. The number of carbonyl (C=O) groups is 1. The van der Waals surface area contributed by atoms with Crippen molar-refractivity contribution in [3.8, 4) is 12.3 Å². The van der Waals surface area contributed by atoms with Crippen molar-refractivity contribution in [3.63, 3.8) is 0 Å². The number of carbonyl (C=O) groups excluding carboxylic acids is 1. The van der Waals surface area contributed by atoms with Crippen LogP contribution in [0.2, 0.25) is 0 Å². The molecule has 1 aromatic rings. The summed E-state index contributed by atoms with van der Waals surface area (Å²) >= 11 is 0. The molecule has 28 heavy (non-hydrogen) atoms. The highest BCUT2D eigenvalue weighted by atomic mass is 16.6. The zero-order chi connectivity index (χ0) is 20.5. The lowest BCUT2D eigenvalue weighted by atomic mass is 10.2. The molecule has 0 saturated heterocycles. The van der Waals surface area contributed by atoms with Crippen LogP contribution in [0.1, 0.15) is 18.2 Å². The molecular weight excluding hydrogens is 370 g/mol. The molecule has 10 heteroatoms. The zero-order valence-electron chi connectivity index (χ0n) is 16.3. The Hall–Kier alpha value is -2.03. The quantitative estimate of drug-likeness (QED) is 0.213. The average molecular weight is 399 g/mol. The lowest BCUT2D eigenvalue weighted by molar-refractivity contribution is -0.142. The Morgan fingerprint density at radius 3 is 2.11 bits per heavy atom. The Morgan fingerprint density at radius 1 is 1.00 bits per heavy atom. The van der Waals surface area contributed by atoms with E-state index < -0.39 is 12.0 Å². The summed E-state index contributed by atoms with van der Waals surface area (Å²) in [4.78, 5) is 11.2. The van der Waals surface area contributed by atoms with Crippen LogP contribution in [-0.2, 0) is 41.3 Å². The summed E-state index contributed by atoms with van der Waals surface area (Å²) in [5.74, 6) is 2.83. The van der Waals surface area contributed by atoms with E-state index >= 15 is 0 Å². The predicted octanol–water partition coefficient (Wildman–Crippen LogP) is -0.255. The minimum atomic E-state index is -0.698. The molecule has 1 aromatic heterocycles. The molecule has 1 rings (SSSR count). The second-order valence-corrected chi connectivity index (χ2v) is 5.60. The number of methoxy groups -OCH3 is 1. The van der Waals surface area contributed by atoms with Gasteiger partial charge in [0.15, 0.2) is 0 Å². The molecule has 0 saturated carbocycles. The number of aryl methyl sites for hydroxylation is 1. The van der Waals surface area contributed by atoms with Crippen molar-refractivity contribution >= 4 is 5.97 Å². The van der Waals surface area contributed by atoms with Gasteiger partial charge in [-0.25, -0.2) is 0 Å². The van der Waals surface area contributed by atoms with E-state index in [4.69, 9.17) is 35.5 Å². The lowest BCUT2D eigenvalue weighted by Crippen LogP contribution is -2.31. The van der Waals surface area contributed by atoms with Crippen LogP contribution in [0.4, 0.5) is 0 Å². The van der Waals surface area contributed by atoms with Crippen LogP contribution in [0, 0.1) is 12.3 Å². The maximum atomic E-state index is 11.2. The fourth-order valence-corrected chi connectivity index (χ4v) is 1.99. The minimum absolute atomic E-state index is 0.297. The number of aromatic nitrogens is 2. The SMILES string of the molecule is C#CCOCCOCCOCCOCCc1nnc(CC[C@H](N)C(=O)OC)o1. The molecule has 0 bridgehead atoms. The van der Waals surface area contributed by atoms with Crippen LogP contribution in [0.3, 0.4) is 0 Å². The first-order valence-electron chi connectivity index (χ1n) is 9.06. The maximum Gasteiger partial charge on any atom is 0.322 e. The number of hydrogen-bond donors (Lipinski definition) is 1. The van der Waals surface area contributed by atoms with Crippen LogP contribution >= 0.6 is 0 Å². The highest BCUT2D eigenvalue weighted by Crippen LogP contribution is 2.05. The van der Waals surface area contributed by atoms with Gasteiger partial charge in [-0.1, -0.05) is 5.92 Å². The summed E-state index contributed by atoms with van der Waals surface area (Å²) in [6.45, 7) is 3.60. The van der Waals surface area contributed by atoms with E-state index in [0.29, 0.717) is 83.9 Å². The number of ether oxygens (including phenoxy) is 5. The third kappa shape index (κ3) is 11.6. The molecule has 1 atom stereocenters. The van der Waals surface area contributed by atoms with Crippen LogP contribution in [0.15, 0.2) is 4.42 Å². The van der Waals surface area contributed by atoms with E-state index in [0.717, 1.165) is 0 Å². The number of rotatable bonds is 17. The second kappa shape index (κ2) is 16.0. The summed E-state index contributed by atoms with van der Waals surface area (Å²) in [6.07, 6.45) is 6.34. The number of terminal acetylenes is 1. The normalized spacial score (nSPS) is 11.9. The first-order valence-corrected chi connectivity index (χ1v) is 9.06. The zero-order valence-corrected chi connectivity index (χ0v) is 16.3. The molecule has 0 unspecified atom stereocenters. The largest absolute Gasteiger partial charge is 0.468 e. The van der Waals surface area contributed by atoms with Crippen LogP contribution in [0.25, 0.3) is 0 Å². The van der Waals surface area contributed by atoms with Crippen molar-refractivity contribution in [3.05, 3.63) is 11.8 Å². The topological polar surface area (TPSA) is 128 Å².